The first-order valence-electron chi connectivity index (χ1n) is 8.97. The highest BCUT2D eigenvalue weighted by Gasteiger charge is 2.27. The van der Waals surface area contributed by atoms with E-state index in [2.05, 4.69) is 31.2 Å². The number of fused-ring (bicyclic) bond motifs is 1. The molecule has 3 aromatic heterocycles. The molecule has 3 heterocycles. The van der Waals surface area contributed by atoms with Gasteiger partial charge < -0.3 is 12.4 Å². The largest absolute Gasteiger partial charge is 1.00 e. The predicted octanol–water partition coefficient (Wildman–Crippen LogP) is 2.02. The van der Waals surface area contributed by atoms with Gasteiger partial charge in [-0.2, -0.15) is 4.57 Å². The van der Waals surface area contributed by atoms with Gasteiger partial charge >= 0.3 is 0 Å². The van der Waals surface area contributed by atoms with E-state index in [0.29, 0.717) is 5.02 Å². The number of para-hydroxylation sites is 2. The lowest BCUT2D eigenvalue weighted by atomic mass is 10.2. The summed E-state index contributed by atoms with van der Waals surface area (Å²) in [6, 6.07) is 28.0. The third kappa shape index (κ3) is 3.37. The molecule has 0 amide bonds. The summed E-state index contributed by atoms with van der Waals surface area (Å²) in [7, 11) is 0. The molecular weight excluding hydrogens is 403 g/mol. The van der Waals surface area contributed by atoms with Gasteiger partial charge in [-0.05, 0) is 54.6 Å². The Morgan fingerprint density at radius 3 is 2.10 bits per heavy atom. The first kappa shape index (κ1) is 19.1. The van der Waals surface area contributed by atoms with E-state index in [-0.39, 0.29) is 12.4 Å². The summed E-state index contributed by atoms with van der Waals surface area (Å²) < 4.78 is 4.32. The Hall–Kier alpha value is -3.21. The average Bonchev–Trinajstić information content (AvgIpc) is 3.11. The topological polar surface area (TPSA) is 34.6 Å². The third-order valence-corrected chi connectivity index (χ3v) is 4.90. The highest BCUT2D eigenvalue weighted by molar-refractivity contribution is 6.30. The van der Waals surface area contributed by atoms with Crippen molar-refractivity contribution in [1.82, 2.24) is 14.5 Å². The van der Waals surface area contributed by atoms with Crippen molar-refractivity contribution >= 4 is 22.6 Å². The first-order valence-corrected chi connectivity index (χ1v) is 9.35. The monoisotopic (exact) mass is 418 g/mol. The lowest BCUT2D eigenvalue weighted by Gasteiger charge is -2.06. The number of rotatable bonds is 3. The molecule has 6 heteroatoms. The molecule has 5 rings (SSSR count). The highest BCUT2D eigenvalue weighted by atomic mass is 35.5. The second-order valence-electron chi connectivity index (χ2n) is 6.37. The minimum Gasteiger partial charge on any atom is -1.00 e. The van der Waals surface area contributed by atoms with Gasteiger partial charge in [-0.3, -0.25) is 0 Å². The standard InChI is InChI=1S/C23H16ClN4.ClH/c24-18-13-11-17(12-14-18)23-27(21-9-3-5-15-25-21)19-7-1-2-8-20(19)28(23)22-10-4-6-16-26-22;/h1-16H;1H/q+1;/p-1. The SMILES string of the molecule is Clc1ccc(-c2n(-c3ccccn3)c3ccccc3[n+]2-c2ccccn2)cc1.[Cl-]. The van der Waals surface area contributed by atoms with Gasteiger partial charge in [0.05, 0.1) is 0 Å². The molecular formula is C23H16Cl2N4. The van der Waals surface area contributed by atoms with E-state index in [1.54, 1.807) is 12.4 Å². The molecule has 4 nitrogen and oxygen atoms in total. The van der Waals surface area contributed by atoms with Crippen molar-refractivity contribution in [3.05, 3.63) is 102 Å². The van der Waals surface area contributed by atoms with Gasteiger partial charge in [0.15, 0.2) is 5.82 Å². The van der Waals surface area contributed by atoms with E-state index in [4.69, 9.17) is 11.6 Å². The van der Waals surface area contributed by atoms with E-state index < -0.39 is 0 Å². The van der Waals surface area contributed by atoms with Crippen molar-refractivity contribution in [2.45, 2.75) is 0 Å². The number of imidazole rings is 1. The van der Waals surface area contributed by atoms with Crippen molar-refractivity contribution in [3.8, 4) is 23.0 Å². The fourth-order valence-electron chi connectivity index (χ4n) is 3.46. The molecule has 0 bridgehead atoms. The zero-order valence-electron chi connectivity index (χ0n) is 15.3. The molecule has 5 aromatic rings. The molecule has 0 spiro atoms. The van der Waals surface area contributed by atoms with Gasteiger partial charge in [0.25, 0.3) is 5.82 Å². The summed E-state index contributed by atoms with van der Waals surface area (Å²) in [5, 5.41) is 0.702. The second kappa shape index (κ2) is 8.03. The number of aromatic nitrogens is 4. The van der Waals surface area contributed by atoms with Crippen LogP contribution in [0.3, 0.4) is 0 Å². The zero-order chi connectivity index (χ0) is 18.9. The predicted molar refractivity (Wildman–Crippen MR) is 111 cm³/mol. The van der Waals surface area contributed by atoms with E-state index in [0.717, 1.165) is 34.1 Å². The van der Waals surface area contributed by atoms with Crippen LogP contribution in [0.2, 0.25) is 5.02 Å². The molecule has 0 saturated heterocycles. The fraction of sp³-hybridized carbons (Fsp3) is 0. The summed E-state index contributed by atoms with van der Waals surface area (Å²) in [5.74, 6) is 2.66. The van der Waals surface area contributed by atoms with Crippen LogP contribution in [0.15, 0.2) is 97.3 Å². The van der Waals surface area contributed by atoms with Gasteiger partial charge in [-0.15, -0.1) is 4.98 Å². The fourth-order valence-corrected chi connectivity index (χ4v) is 3.59. The second-order valence-corrected chi connectivity index (χ2v) is 6.80. The molecule has 0 saturated carbocycles. The number of hydrogen-bond acceptors (Lipinski definition) is 2. The van der Waals surface area contributed by atoms with Crippen molar-refractivity contribution in [2.24, 2.45) is 0 Å². The van der Waals surface area contributed by atoms with Crippen LogP contribution in [-0.4, -0.2) is 14.5 Å². The summed E-state index contributed by atoms with van der Waals surface area (Å²) in [5.41, 5.74) is 3.13. The molecule has 29 heavy (non-hydrogen) atoms. The maximum absolute atomic E-state index is 6.15. The highest BCUT2D eigenvalue weighted by Crippen LogP contribution is 2.28. The number of benzene rings is 2. The summed E-state index contributed by atoms with van der Waals surface area (Å²) in [4.78, 5) is 9.23. The van der Waals surface area contributed by atoms with Crippen LogP contribution in [0, 0.1) is 0 Å². The molecule has 142 valence electrons. The van der Waals surface area contributed by atoms with E-state index in [1.807, 2.05) is 72.8 Å². The summed E-state index contributed by atoms with van der Waals surface area (Å²) >= 11 is 6.15. The average molecular weight is 419 g/mol. The van der Waals surface area contributed by atoms with Crippen LogP contribution in [0.5, 0.6) is 0 Å². The maximum Gasteiger partial charge on any atom is 0.267 e. The Kier molecular flexibility index (Phi) is 5.30. The number of halogens is 2. The lowest BCUT2D eigenvalue weighted by molar-refractivity contribution is -0.559. The van der Waals surface area contributed by atoms with Crippen LogP contribution in [0.25, 0.3) is 34.1 Å². The molecule has 2 aromatic carbocycles. The normalized spacial score (nSPS) is 10.7. The Bertz CT molecular complexity index is 1170. The minimum absolute atomic E-state index is 0. The van der Waals surface area contributed by atoms with Gasteiger partial charge in [0.1, 0.15) is 17.2 Å². The van der Waals surface area contributed by atoms with E-state index in [9.17, 15) is 0 Å². The quantitative estimate of drug-likeness (QED) is 0.420. The van der Waals surface area contributed by atoms with Crippen LogP contribution in [0.1, 0.15) is 0 Å². The molecule has 0 atom stereocenters. The van der Waals surface area contributed by atoms with Gasteiger partial charge in [0, 0.05) is 22.8 Å². The third-order valence-electron chi connectivity index (χ3n) is 4.65. The molecule has 0 fully saturated rings. The molecule has 0 aliphatic carbocycles. The number of nitrogens with zero attached hydrogens (tertiary/aromatic N) is 4. The summed E-state index contributed by atoms with van der Waals surface area (Å²) in [6.07, 6.45) is 3.61. The van der Waals surface area contributed by atoms with E-state index >= 15 is 0 Å². The van der Waals surface area contributed by atoms with Crippen LogP contribution < -0.4 is 17.0 Å². The Morgan fingerprint density at radius 1 is 0.724 bits per heavy atom. The van der Waals surface area contributed by atoms with Crippen LogP contribution in [-0.2, 0) is 0 Å². The van der Waals surface area contributed by atoms with Gasteiger partial charge in [0.2, 0.25) is 5.82 Å². The minimum atomic E-state index is 0. The van der Waals surface area contributed by atoms with Crippen molar-refractivity contribution in [2.75, 3.05) is 0 Å². The van der Waals surface area contributed by atoms with Gasteiger partial charge in [-0.25, -0.2) is 9.55 Å². The molecule has 0 N–H and O–H groups in total. The maximum atomic E-state index is 6.15. The Balaban J connectivity index is 0.00000205. The van der Waals surface area contributed by atoms with Crippen LogP contribution in [0.4, 0.5) is 0 Å². The van der Waals surface area contributed by atoms with E-state index in [1.165, 1.54) is 0 Å². The molecule has 0 aliphatic rings. The van der Waals surface area contributed by atoms with Crippen molar-refractivity contribution in [3.63, 3.8) is 0 Å². The van der Waals surface area contributed by atoms with Crippen molar-refractivity contribution in [1.29, 1.82) is 0 Å². The zero-order valence-corrected chi connectivity index (χ0v) is 16.8. The number of hydrogen-bond donors (Lipinski definition) is 0. The Labute approximate surface area is 179 Å². The Morgan fingerprint density at radius 2 is 1.41 bits per heavy atom. The molecule has 0 radical (unpaired) electrons. The van der Waals surface area contributed by atoms with Crippen molar-refractivity contribution < 1.29 is 17.0 Å². The van der Waals surface area contributed by atoms with Crippen LogP contribution >= 0.6 is 11.6 Å². The summed E-state index contributed by atoms with van der Waals surface area (Å²) in [6.45, 7) is 0. The lowest BCUT2D eigenvalue weighted by Crippen LogP contribution is -3.00. The van der Waals surface area contributed by atoms with Gasteiger partial charge in [-0.1, -0.05) is 35.9 Å². The molecule has 0 unspecified atom stereocenters. The smallest absolute Gasteiger partial charge is 0.267 e. The number of pyridine rings is 2. The first-order chi connectivity index (χ1) is 13.8. The molecule has 0 aliphatic heterocycles.